The molecule has 1 saturated heterocycles. The predicted molar refractivity (Wildman–Crippen MR) is 136 cm³/mol. The Kier molecular flexibility index (Phi) is 8.54. The normalized spacial score (nSPS) is 21.8. The fourth-order valence-corrected chi connectivity index (χ4v) is 5.25. The van der Waals surface area contributed by atoms with Gasteiger partial charge in [0.05, 0.1) is 18.7 Å². The Bertz CT molecular complexity index is 1300. The van der Waals surface area contributed by atoms with E-state index in [2.05, 4.69) is 15.3 Å². The Morgan fingerprint density at radius 3 is 2.82 bits per heavy atom. The number of carboxylic acids is 1. The van der Waals surface area contributed by atoms with Gasteiger partial charge < -0.3 is 15.2 Å². The monoisotopic (exact) mass is 568 g/mol. The maximum absolute atomic E-state index is 14.9. The van der Waals surface area contributed by atoms with Crippen LogP contribution in [-0.4, -0.2) is 64.9 Å². The average molecular weight is 569 g/mol. The molecule has 0 spiro atoms. The molecule has 8 nitrogen and oxygen atoms in total. The molecule has 1 unspecified atom stereocenters. The third-order valence-electron chi connectivity index (χ3n) is 6.10. The van der Waals surface area contributed by atoms with E-state index in [9.17, 15) is 22.8 Å². The highest BCUT2D eigenvalue weighted by Gasteiger charge is 2.44. The second-order valence-corrected chi connectivity index (χ2v) is 9.99. The number of thiazole rings is 1. The number of carboxylic acid groups (broad SMARTS) is 1. The maximum atomic E-state index is 14.9. The zero-order valence-corrected chi connectivity index (χ0v) is 21.7. The lowest BCUT2D eigenvalue weighted by molar-refractivity contribution is -0.139. The van der Waals surface area contributed by atoms with E-state index in [1.54, 1.807) is 18.5 Å². The standard InChI is InChI=1S/C25H24ClF3N4O4S/c1-2-37-24(36)20-18(12-33-9-7-14(3-6-19(34)35)25(28,29)13-33)31-22(23-30-8-10-38-23)32-21(20)16-5-4-15(27)11-17(16)26/h3-6,8,10-11,14,21H,2,7,9,12-13H2,1H3,(H,31,32)(H,34,35)/b6-3+/t14?,21-/m0/s1. The van der Waals surface area contributed by atoms with Crippen LogP contribution in [0.25, 0.3) is 0 Å². The summed E-state index contributed by atoms with van der Waals surface area (Å²) in [6.07, 6.45) is 3.33. The topological polar surface area (TPSA) is 104 Å². The van der Waals surface area contributed by atoms with Gasteiger partial charge in [-0.3, -0.25) is 9.89 Å². The minimum absolute atomic E-state index is 0.0133. The number of hydrogen-bond acceptors (Lipinski definition) is 8. The fraction of sp³-hybridized carbons (Fsp3) is 0.360. The van der Waals surface area contributed by atoms with E-state index in [0.717, 1.165) is 18.2 Å². The lowest BCUT2D eigenvalue weighted by Gasteiger charge is -2.38. The summed E-state index contributed by atoms with van der Waals surface area (Å²) in [6, 6.07) is 2.71. The molecule has 0 aliphatic carbocycles. The Morgan fingerprint density at radius 1 is 1.39 bits per heavy atom. The number of likely N-dealkylation sites (tertiary alicyclic amines) is 1. The van der Waals surface area contributed by atoms with Crippen molar-refractivity contribution in [1.29, 1.82) is 0 Å². The summed E-state index contributed by atoms with van der Waals surface area (Å²) < 4.78 is 49.0. The van der Waals surface area contributed by atoms with Gasteiger partial charge in [-0.05, 0) is 32.0 Å². The Morgan fingerprint density at radius 2 is 2.18 bits per heavy atom. The van der Waals surface area contributed by atoms with Crippen molar-refractivity contribution < 1.29 is 32.6 Å². The van der Waals surface area contributed by atoms with E-state index < -0.39 is 42.2 Å². The first kappa shape index (κ1) is 27.8. The van der Waals surface area contributed by atoms with Gasteiger partial charge in [-0.1, -0.05) is 23.7 Å². The van der Waals surface area contributed by atoms with Gasteiger partial charge in [-0.15, -0.1) is 11.3 Å². The molecule has 0 radical (unpaired) electrons. The highest BCUT2D eigenvalue weighted by molar-refractivity contribution is 7.11. The number of aliphatic carboxylic acids is 1. The van der Waals surface area contributed by atoms with Crippen molar-refractivity contribution in [3.8, 4) is 0 Å². The molecule has 202 valence electrons. The predicted octanol–water partition coefficient (Wildman–Crippen LogP) is 4.44. The van der Waals surface area contributed by atoms with Crippen LogP contribution in [-0.2, 0) is 14.3 Å². The zero-order chi connectivity index (χ0) is 27.4. The van der Waals surface area contributed by atoms with Gasteiger partial charge >= 0.3 is 11.9 Å². The number of piperidine rings is 1. The number of esters is 1. The Hall–Kier alpha value is -3.22. The summed E-state index contributed by atoms with van der Waals surface area (Å²) in [5.74, 6) is -6.70. The van der Waals surface area contributed by atoms with Gasteiger partial charge in [-0.2, -0.15) is 0 Å². The number of carbonyl (C=O) groups is 2. The van der Waals surface area contributed by atoms with E-state index in [1.165, 1.54) is 28.4 Å². The first-order chi connectivity index (χ1) is 18.1. The zero-order valence-electron chi connectivity index (χ0n) is 20.2. The summed E-state index contributed by atoms with van der Waals surface area (Å²) in [5, 5.41) is 14.2. The van der Waals surface area contributed by atoms with Gasteiger partial charge in [-0.25, -0.2) is 27.7 Å². The number of nitrogens with zero attached hydrogens (tertiary/aromatic N) is 3. The first-order valence-corrected chi connectivity index (χ1v) is 13.0. The van der Waals surface area contributed by atoms with Crippen LogP contribution in [0.4, 0.5) is 13.2 Å². The number of rotatable bonds is 8. The Labute approximate surface area is 225 Å². The second kappa shape index (κ2) is 11.7. The Balaban J connectivity index is 1.73. The molecule has 2 aromatic rings. The largest absolute Gasteiger partial charge is 0.478 e. The highest BCUT2D eigenvalue weighted by Crippen LogP contribution is 2.38. The number of allylic oxidation sites excluding steroid dienone is 1. The molecule has 1 fully saturated rings. The van der Waals surface area contributed by atoms with Crippen molar-refractivity contribution in [3.05, 3.63) is 74.6 Å². The van der Waals surface area contributed by atoms with Crippen LogP contribution in [0.2, 0.25) is 5.02 Å². The molecule has 2 aliphatic heterocycles. The molecular formula is C25H24ClF3N4O4S. The molecule has 0 saturated carbocycles. The lowest BCUT2D eigenvalue weighted by Crippen LogP contribution is -2.50. The number of halogens is 4. The van der Waals surface area contributed by atoms with Crippen molar-refractivity contribution in [2.24, 2.45) is 10.9 Å². The minimum Gasteiger partial charge on any atom is -0.478 e. The van der Waals surface area contributed by atoms with Crippen LogP contribution in [0.3, 0.4) is 0 Å². The van der Waals surface area contributed by atoms with Crippen molar-refractivity contribution in [2.75, 3.05) is 26.2 Å². The third-order valence-corrected chi connectivity index (χ3v) is 7.21. The number of amidine groups is 1. The molecular weight excluding hydrogens is 545 g/mol. The number of aromatic nitrogens is 1. The van der Waals surface area contributed by atoms with Crippen LogP contribution in [0, 0.1) is 11.7 Å². The second-order valence-electron chi connectivity index (χ2n) is 8.69. The van der Waals surface area contributed by atoms with E-state index in [4.69, 9.17) is 21.4 Å². The summed E-state index contributed by atoms with van der Waals surface area (Å²) in [6.45, 7) is 1.17. The minimum atomic E-state index is -3.20. The van der Waals surface area contributed by atoms with E-state index >= 15 is 0 Å². The molecule has 1 aromatic heterocycles. The fourth-order valence-electron chi connectivity index (χ4n) is 4.39. The molecule has 38 heavy (non-hydrogen) atoms. The van der Waals surface area contributed by atoms with E-state index in [1.807, 2.05) is 0 Å². The molecule has 3 heterocycles. The van der Waals surface area contributed by atoms with Crippen molar-refractivity contribution in [3.63, 3.8) is 0 Å². The van der Waals surface area contributed by atoms with Crippen LogP contribution >= 0.6 is 22.9 Å². The SMILES string of the molecule is CCOC(=O)C1=C(CN2CCC(/C=C/C(=O)O)C(F)(F)C2)NC(c2nccs2)=N[C@H]1c1ccc(F)cc1Cl. The molecule has 0 amide bonds. The van der Waals surface area contributed by atoms with Crippen molar-refractivity contribution in [2.45, 2.75) is 25.3 Å². The van der Waals surface area contributed by atoms with Crippen LogP contribution in [0.5, 0.6) is 0 Å². The molecule has 2 aliphatic rings. The summed E-state index contributed by atoms with van der Waals surface area (Å²) in [4.78, 5) is 34.4. The highest BCUT2D eigenvalue weighted by atomic mass is 35.5. The van der Waals surface area contributed by atoms with E-state index in [0.29, 0.717) is 16.4 Å². The van der Waals surface area contributed by atoms with Gasteiger partial charge in [0.15, 0.2) is 10.8 Å². The number of alkyl halides is 2. The average Bonchev–Trinajstić information content (AvgIpc) is 3.38. The molecule has 4 rings (SSSR count). The van der Waals surface area contributed by atoms with Gasteiger partial charge in [0.1, 0.15) is 11.9 Å². The van der Waals surface area contributed by atoms with Gasteiger partial charge in [0.25, 0.3) is 5.92 Å². The molecule has 13 heteroatoms. The number of carbonyl (C=O) groups excluding carboxylic acids is 1. The van der Waals surface area contributed by atoms with Gasteiger partial charge in [0.2, 0.25) is 0 Å². The number of hydrogen-bond donors (Lipinski definition) is 2. The number of benzene rings is 1. The number of aliphatic imine (C=N–C) groups is 1. The summed E-state index contributed by atoms with van der Waals surface area (Å²) in [5.41, 5.74) is 0.688. The van der Waals surface area contributed by atoms with Crippen LogP contribution < -0.4 is 5.32 Å². The summed E-state index contributed by atoms with van der Waals surface area (Å²) >= 11 is 7.64. The van der Waals surface area contributed by atoms with Crippen molar-refractivity contribution >= 4 is 40.7 Å². The molecule has 0 bridgehead atoms. The van der Waals surface area contributed by atoms with Crippen molar-refractivity contribution in [1.82, 2.24) is 15.2 Å². The first-order valence-electron chi connectivity index (χ1n) is 11.7. The third kappa shape index (κ3) is 6.25. The van der Waals surface area contributed by atoms with Gasteiger partial charge in [0, 0.05) is 46.4 Å². The molecule has 1 aromatic carbocycles. The lowest BCUT2D eigenvalue weighted by atomic mass is 9.91. The molecule has 2 N–H and O–H groups in total. The number of nitrogens with one attached hydrogen (secondary N) is 1. The van der Waals surface area contributed by atoms with E-state index in [-0.39, 0.29) is 42.4 Å². The smallest absolute Gasteiger partial charge is 0.338 e. The summed E-state index contributed by atoms with van der Waals surface area (Å²) in [7, 11) is 0. The van der Waals surface area contributed by atoms with Crippen LogP contribution in [0.15, 0.2) is 58.2 Å². The maximum Gasteiger partial charge on any atom is 0.338 e. The van der Waals surface area contributed by atoms with Crippen LogP contribution in [0.1, 0.15) is 30.0 Å². The number of ether oxygens (including phenoxy) is 1. The molecule has 2 atom stereocenters. The quantitative estimate of drug-likeness (QED) is 0.358.